The third kappa shape index (κ3) is 2.19. The summed E-state index contributed by atoms with van der Waals surface area (Å²) in [6, 6.07) is 9.94. The highest BCUT2D eigenvalue weighted by Gasteiger charge is 2.39. The number of ether oxygens (including phenoxy) is 1. The molecule has 2 fully saturated rings. The molecule has 0 aromatic heterocycles. The maximum Gasteiger partial charge on any atom is 0.119 e. The van der Waals surface area contributed by atoms with Crippen molar-refractivity contribution in [2.75, 3.05) is 7.05 Å². The zero-order valence-electron chi connectivity index (χ0n) is 10.7. The molecule has 0 saturated carbocycles. The Bertz CT molecular complexity index is 372. The van der Waals surface area contributed by atoms with E-state index in [0.29, 0.717) is 6.10 Å². The van der Waals surface area contributed by atoms with Gasteiger partial charge in [0.05, 0.1) is 0 Å². The fraction of sp³-hybridized carbons (Fsp3) is 0.600. The number of rotatable bonds is 2. The minimum Gasteiger partial charge on any atom is -0.490 e. The lowest BCUT2D eigenvalue weighted by atomic mass is 10.0. The molecule has 92 valence electrons. The standard InChI is InChI=1S/C15H21NO/c1-11-3-7-14(8-4-11)17-15-9-12-5-6-13(10-15)16(12)2/h3-4,7-8,12-13,15H,5-6,9-10H2,1-2H3/t12-,13+,15-. The van der Waals surface area contributed by atoms with Gasteiger partial charge in [-0.15, -0.1) is 0 Å². The van der Waals surface area contributed by atoms with E-state index in [1.165, 1.54) is 31.2 Å². The number of hydrogen-bond donors (Lipinski definition) is 0. The fourth-order valence-corrected chi connectivity index (χ4v) is 3.27. The first-order valence-corrected chi connectivity index (χ1v) is 6.67. The van der Waals surface area contributed by atoms with Crippen LogP contribution in [0.5, 0.6) is 5.75 Å². The number of piperidine rings is 1. The summed E-state index contributed by atoms with van der Waals surface area (Å²) in [5.74, 6) is 1.03. The largest absolute Gasteiger partial charge is 0.490 e. The van der Waals surface area contributed by atoms with E-state index in [2.05, 4.69) is 43.1 Å². The highest BCUT2D eigenvalue weighted by molar-refractivity contribution is 5.26. The summed E-state index contributed by atoms with van der Waals surface area (Å²) >= 11 is 0. The van der Waals surface area contributed by atoms with Crippen molar-refractivity contribution in [1.82, 2.24) is 4.90 Å². The average molecular weight is 231 g/mol. The summed E-state index contributed by atoms with van der Waals surface area (Å²) in [5, 5.41) is 0. The molecule has 0 N–H and O–H groups in total. The zero-order chi connectivity index (χ0) is 11.8. The van der Waals surface area contributed by atoms with E-state index in [1.54, 1.807) is 0 Å². The van der Waals surface area contributed by atoms with Crippen molar-refractivity contribution >= 4 is 0 Å². The first-order chi connectivity index (χ1) is 8.22. The van der Waals surface area contributed by atoms with E-state index < -0.39 is 0 Å². The number of hydrogen-bond acceptors (Lipinski definition) is 2. The molecule has 2 bridgehead atoms. The minimum absolute atomic E-state index is 0.423. The van der Waals surface area contributed by atoms with Crippen LogP contribution in [0.3, 0.4) is 0 Å². The second kappa shape index (κ2) is 4.34. The van der Waals surface area contributed by atoms with Gasteiger partial charge in [-0.2, -0.15) is 0 Å². The first kappa shape index (κ1) is 11.1. The van der Waals surface area contributed by atoms with Crippen LogP contribution in [0.2, 0.25) is 0 Å². The van der Waals surface area contributed by atoms with Crippen LogP contribution in [0, 0.1) is 6.92 Å². The highest BCUT2D eigenvalue weighted by Crippen LogP contribution is 2.35. The SMILES string of the molecule is Cc1ccc(O[C@@H]2C[C@H]3CC[C@@H](C2)N3C)cc1. The maximum atomic E-state index is 6.11. The van der Waals surface area contributed by atoms with E-state index >= 15 is 0 Å². The molecule has 0 spiro atoms. The van der Waals surface area contributed by atoms with Crippen LogP contribution in [0.1, 0.15) is 31.2 Å². The molecule has 3 atom stereocenters. The third-order valence-electron chi connectivity index (χ3n) is 4.38. The molecule has 0 radical (unpaired) electrons. The predicted molar refractivity (Wildman–Crippen MR) is 69.4 cm³/mol. The van der Waals surface area contributed by atoms with Crippen LogP contribution < -0.4 is 4.74 Å². The lowest BCUT2D eigenvalue weighted by Gasteiger charge is -2.36. The van der Waals surface area contributed by atoms with Crippen LogP contribution in [-0.2, 0) is 0 Å². The molecule has 17 heavy (non-hydrogen) atoms. The molecule has 2 saturated heterocycles. The molecule has 1 aromatic rings. The molecule has 0 aliphatic carbocycles. The van der Waals surface area contributed by atoms with Crippen molar-refractivity contribution < 1.29 is 4.74 Å². The molecule has 0 unspecified atom stereocenters. The molecule has 2 aliphatic heterocycles. The quantitative estimate of drug-likeness (QED) is 0.776. The van der Waals surface area contributed by atoms with Gasteiger partial charge in [-0.05, 0) is 51.8 Å². The van der Waals surface area contributed by atoms with Crippen LogP contribution >= 0.6 is 0 Å². The average Bonchev–Trinajstić information content (AvgIpc) is 2.55. The van der Waals surface area contributed by atoms with E-state index in [9.17, 15) is 0 Å². The smallest absolute Gasteiger partial charge is 0.119 e. The third-order valence-corrected chi connectivity index (χ3v) is 4.38. The van der Waals surface area contributed by atoms with Gasteiger partial charge >= 0.3 is 0 Å². The summed E-state index contributed by atoms with van der Waals surface area (Å²) in [4.78, 5) is 2.55. The summed E-state index contributed by atoms with van der Waals surface area (Å²) < 4.78 is 6.11. The second-order valence-corrected chi connectivity index (χ2v) is 5.57. The lowest BCUT2D eigenvalue weighted by molar-refractivity contribution is 0.0661. The number of nitrogens with zero attached hydrogens (tertiary/aromatic N) is 1. The molecule has 2 heteroatoms. The van der Waals surface area contributed by atoms with Crippen molar-refractivity contribution in [1.29, 1.82) is 0 Å². The number of fused-ring (bicyclic) bond motifs is 2. The van der Waals surface area contributed by atoms with Crippen LogP contribution in [0.25, 0.3) is 0 Å². The van der Waals surface area contributed by atoms with Gasteiger partial charge in [-0.1, -0.05) is 17.7 Å². The topological polar surface area (TPSA) is 12.5 Å². The molecule has 2 aliphatic rings. The summed E-state index contributed by atoms with van der Waals surface area (Å²) in [7, 11) is 2.27. The Morgan fingerprint density at radius 3 is 2.24 bits per heavy atom. The first-order valence-electron chi connectivity index (χ1n) is 6.67. The van der Waals surface area contributed by atoms with Crippen molar-refractivity contribution in [2.45, 2.75) is 50.8 Å². The van der Waals surface area contributed by atoms with Gasteiger partial charge in [0.25, 0.3) is 0 Å². The monoisotopic (exact) mass is 231 g/mol. The number of benzene rings is 1. The molecular weight excluding hydrogens is 210 g/mol. The molecular formula is C15H21NO. The van der Waals surface area contributed by atoms with Gasteiger partial charge in [0.1, 0.15) is 11.9 Å². The predicted octanol–water partition coefficient (Wildman–Crippen LogP) is 3.00. The Hall–Kier alpha value is -1.02. The maximum absolute atomic E-state index is 6.11. The normalized spacial score (nSPS) is 32.7. The van der Waals surface area contributed by atoms with Crippen LogP contribution in [0.4, 0.5) is 0 Å². The van der Waals surface area contributed by atoms with Gasteiger partial charge in [0.15, 0.2) is 0 Å². The van der Waals surface area contributed by atoms with Crippen molar-refractivity contribution in [3.05, 3.63) is 29.8 Å². The Morgan fingerprint density at radius 1 is 1.06 bits per heavy atom. The van der Waals surface area contributed by atoms with Crippen molar-refractivity contribution in [3.63, 3.8) is 0 Å². The van der Waals surface area contributed by atoms with Gasteiger partial charge in [0.2, 0.25) is 0 Å². The molecule has 3 rings (SSSR count). The van der Waals surface area contributed by atoms with Crippen LogP contribution in [-0.4, -0.2) is 30.1 Å². The van der Waals surface area contributed by atoms with E-state index in [0.717, 1.165) is 17.8 Å². The van der Waals surface area contributed by atoms with E-state index in [4.69, 9.17) is 4.74 Å². The minimum atomic E-state index is 0.423. The van der Waals surface area contributed by atoms with E-state index in [-0.39, 0.29) is 0 Å². The Labute approximate surface area is 104 Å². The zero-order valence-corrected chi connectivity index (χ0v) is 10.7. The van der Waals surface area contributed by atoms with E-state index in [1.807, 2.05) is 0 Å². The molecule has 2 nitrogen and oxygen atoms in total. The van der Waals surface area contributed by atoms with Crippen molar-refractivity contribution in [2.24, 2.45) is 0 Å². The van der Waals surface area contributed by atoms with Gasteiger partial charge < -0.3 is 9.64 Å². The number of aryl methyl sites for hydroxylation is 1. The Kier molecular flexibility index (Phi) is 2.83. The van der Waals surface area contributed by atoms with Crippen molar-refractivity contribution in [3.8, 4) is 5.75 Å². The highest BCUT2D eigenvalue weighted by atomic mass is 16.5. The molecule has 2 heterocycles. The summed E-state index contributed by atoms with van der Waals surface area (Å²) in [6.45, 7) is 2.11. The lowest BCUT2D eigenvalue weighted by Crippen LogP contribution is -2.43. The fourth-order valence-electron chi connectivity index (χ4n) is 3.27. The molecule has 1 aromatic carbocycles. The second-order valence-electron chi connectivity index (χ2n) is 5.57. The Morgan fingerprint density at radius 2 is 1.65 bits per heavy atom. The molecule has 0 amide bonds. The van der Waals surface area contributed by atoms with Gasteiger partial charge in [-0.25, -0.2) is 0 Å². The summed E-state index contributed by atoms with van der Waals surface area (Å²) in [6.07, 6.45) is 5.53. The Balaban J connectivity index is 1.65. The van der Waals surface area contributed by atoms with Gasteiger partial charge in [0, 0.05) is 12.1 Å². The summed E-state index contributed by atoms with van der Waals surface area (Å²) in [5.41, 5.74) is 1.29. The van der Waals surface area contributed by atoms with Crippen LogP contribution in [0.15, 0.2) is 24.3 Å². The van der Waals surface area contributed by atoms with Gasteiger partial charge in [-0.3, -0.25) is 0 Å².